The van der Waals surface area contributed by atoms with Crippen LogP contribution in [-0.2, 0) is 32.2 Å². The van der Waals surface area contributed by atoms with Gasteiger partial charge in [-0.2, -0.15) is 0 Å². The molecule has 2 amide bonds. The number of phenolic OH excluding ortho intramolecular Hbond substituents is 1. The summed E-state index contributed by atoms with van der Waals surface area (Å²) < 4.78 is 13.2. The van der Waals surface area contributed by atoms with Crippen LogP contribution in [0.5, 0.6) is 5.75 Å². The van der Waals surface area contributed by atoms with E-state index in [-0.39, 0.29) is 36.4 Å². The van der Waals surface area contributed by atoms with Gasteiger partial charge in [0.2, 0.25) is 11.8 Å². The van der Waals surface area contributed by atoms with Crippen molar-refractivity contribution in [1.82, 2.24) is 10.2 Å². The molecule has 11 heteroatoms. The van der Waals surface area contributed by atoms with Crippen molar-refractivity contribution in [2.75, 3.05) is 31.2 Å². The SMILES string of the molecule is CN(CC1CC(c2ccc(CO)cc2)OC(c2ccc(-c3ccccc3CNC(=O)CCCCCCC(=O)Nc3ccccc3N)cc2)O1)CC(O)c1cccc(O)c1. The number of unbranched alkanes of at least 4 members (excludes halogenated alkanes) is 3. The Kier molecular flexibility index (Phi) is 15.6. The summed E-state index contributed by atoms with van der Waals surface area (Å²) in [6, 6.07) is 37.8. The summed E-state index contributed by atoms with van der Waals surface area (Å²) >= 11 is 0. The topological polar surface area (TPSA) is 167 Å². The first-order chi connectivity index (χ1) is 28.6. The van der Waals surface area contributed by atoms with Crippen molar-refractivity contribution in [2.24, 2.45) is 0 Å². The predicted molar refractivity (Wildman–Crippen MR) is 230 cm³/mol. The number of anilines is 2. The van der Waals surface area contributed by atoms with Crippen molar-refractivity contribution in [3.05, 3.63) is 149 Å². The first-order valence-electron chi connectivity index (χ1n) is 20.4. The number of hydrogen-bond donors (Lipinski definition) is 6. The minimum Gasteiger partial charge on any atom is -0.508 e. The van der Waals surface area contributed by atoms with E-state index in [9.17, 15) is 24.9 Å². The van der Waals surface area contributed by atoms with Crippen LogP contribution in [0.25, 0.3) is 11.1 Å². The largest absolute Gasteiger partial charge is 0.508 e. The average Bonchev–Trinajstić information content (AvgIpc) is 3.25. The number of amides is 2. The minimum atomic E-state index is -0.780. The summed E-state index contributed by atoms with van der Waals surface area (Å²) in [7, 11) is 1.94. The molecular weight excluding hydrogens is 745 g/mol. The molecule has 11 nitrogen and oxygen atoms in total. The van der Waals surface area contributed by atoms with Gasteiger partial charge < -0.3 is 46.1 Å². The van der Waals surface area contributed by atoms with Crippen molar-refractivity contribution >= 4 is 23.2 Å². The van der Waals surface area contributed by atoms with Gasteiger partial charge in [-0.05, 0) is 77.5 Å². The molecule has 310 valence electrons. The molecule has 1 aliphatic rings. The Labute approximate surface area is 346 Å². The smallest absolute Gasteiger partial charge is 0.224 e. The first-order valence-corrected chi connectivity index (χ1v) is 20.4. The number of aliphatic hydroxyl groups is 2. The molecule has 6 rings (SSSR count). The molecule has 0 aromatic heterocycles. The standard InChI is InChI=1S/C48H56N4O7/c1-52(31-44(55)37-12-10-13-39(54)27-37)30-40-28-45(35-21-19-33(32-53)20-22-35)59-48(58-40)36-25-23-34(24-26-36)41-14-7-6-11-38(41)29-50-46(56)17-4-2-3-5-18-47(57)51-43-16-9-8-15-42(43)49/h6-16,19-27,40,44-45,48,53-55H,2-5,17-18,28-32,49H2,1H3,(H,50,56)(H,51,57). The third-order valence-corrected chi connectivity index (χ3v) is 10.6. The molecule has 7 N–H and O–H groups in total. The third-order valence-electron chi connectivity index (χ3n) is 10.6. The second kappa shape index (κ2) is 21.4. The molecule has 0 radical (unpaired) electrons. The number of para-hydroxylation sites is 2. The Balaban J connectivity index is 1.02. The van der Waals surface area contributed by atoms with Gasteiger partial charge in [-0.15, -0.1) is 0 Å². The molecule has 1 aliphatic heterocycles. The van der Waals surface area contributed by atoms with Gasteiger partial charge in [0.05, 0.1) is 36.3 Å². The lowest BCUT2D eigenvalue weighted by Gasteiger charge is -2.38. The Hall–Kier alpha value is -5.56. The van der Waals surface area contributed by atoms with E-state index in [2.05, 4.69) is 16.7 Å². The molecule has 1 saturated heterocycles. The molecule has 5 aromatic carbocycles. The van der Waals surface area contributed by atoms with Crippen LogP contribution in [0.2, 0.25) is 0 Å². The van der Waals surface area contributed by atoms with Crippen LogP contribution in [0.1, 0.15) is 91.3 Å². The van der Waals surface area contributed by atoms with Crippen LogP contribution in [0, 0.1) is 0 Å². The van der Waals surface area contributed by atoms with Gasteiger partial charge in [0.25, 0.3) is 0 Å². The Morgan fingerprint density at radius 1 is 0.814 bits per heavy atom. The van der Waals surface area contributed by atoms with Crippen molar-refractivity contribution in [3.8, 4) is 16.9 Å². The number of likely N-dealkylation sites (N-methyl/N-ethyl adjacent to an activating group) is 1. The number of nitrogens with one attached hydrogen (secondary N) is 2. The quantitative estimate of drug-likeness (QED) is 0.0359. The number of rotatable bonds is 19. The van der Waals surface area contributed by atoms with Crippen LogP contribution in [0.15, 0.2) is 121 Å². The number of nitrogen functional groups attached to an aromatic ring is 1. The molecule has 4 unspecified atom stereocenters. The maximum atomic E-state index is 12.8. The zero-order valence-corrected chi connectivity index (χ0v) is 33.6. The van der Waals surface area contributed by atoms with Crippen molar-refractivity contribution in [2.45, 2.75) is 82.7 Å². The third kappa shape index (κ3) is 12.7. The van der Waals surface area contributed by atoms with Crippen LogP contribution in [0.3, 0.4) is 0 Å². The van der Waals surface area contributed by atoms with Crippen LogP contribution in [-0.4, -0.2) is 58.3 Å². The molecule has 59 heavy (non-hydrogen) atoms. The highest BCUT2D eigenvalue weighted by Gasteiger charge is 2.33. The van der Waals surface area contributed by atoms with Gasteiger partial charge in [0, 0.05) is 44.5 Å². The van der Waals surface area contributed by atoms with Crippen molar-refractivity contribution in [1.29, 1.82) is 0 Å². The second-order valence-electron chi connectivity index (χ2n) is 15.3. The van der Waals surface area contributed by atoms with E-state index in [0.717, 1.165) is 59.1 Å². The number of aromatic hydroxyl groups is 1. The molecule has 0 spiro atoms. The number of benzene rings is 5. The van der Waals surface area contributed by atoms with Crippen LogP contribution < -0.4 is 16.4 Å². The first kappa shape index (κ1) is 43.0. The maximum Gasteiger partial charge on any atom is 0.224 e. The fraction of sp³-hybridized carbons (Fsp3) is 0.333. The average molecular weight is 801 g/mol. The van der Waals surface area contributed by atoms with E-state index in [1.165, 1.54) is 0 Å². The number of hydrogen-bond acceptors (Lipinski definition) is 9. The number of carbonyl (C=O) groups excluding carboxylic acids is 2. The lowest BCUT2D eigenvalue weighted by molar-refractivity contribution is -0.252. The van der Waals surface area contributed by atoms with Gasteiger partial charge in [-0.3, -0.25) is 9.59 Å². The predicted octanol–water partition coefficient (Wildman–Crippen LogP) is 7.94. The van der Waals surface area contributed by atoms with Gasteiger partial charge in [-0.1, -0.05) is 110 Å². The summed E-state index contributed by atoms with van der Waals surface area (Å²) in [5.74, 6) is 0.0452. The summed E-state index contributed by atoms with van der Waals surface area (Å²) in [4.78, 5) is 27.1. The monoisotopic (exact) mass is 800 g/mol. The van der Waals surface area contributed by atoms with Crippen molar-refractivity contribution in [3.63, 3.8) is 0 Å². The number of ether oxygens (including phenoxy) is 2. The Bertz CT molecular complexity index is 2110. The highest BCUT2D eigenvalue weighted by molar-refractivity contribution is 5.93. The molecule has 1 fully saturated rings. The molecular formula is C48H56N4O7. The van der Waals surface area contributed by atoms with Gasteiger partial charge in [0.1, 0.15) is 5.75 Å². The van der Waals surface area contributed by atoms with Crippen LogP contribution in [0.4, 0.5) is 11.4 Å². The summed E-state index contributed by atoms with van der Waals surface area (Å²) in [6.07, 6.45) is 2.76. The zero-order valence-electron chi connectivity index (χ0n) is 33.6. The normalized spacial score (nSPS) is 17.1. The highest BCUT2D eigenvalue weighted by atomic mass is 16.7. The molecule has 0 aliphatic carbocycles. The fourth-order valence-electron chi connectivity index (χ4n) is 7.39. The van der Waals surface area contributed by atoms with Gasteiger partial charge in [0.15, 0.2) is 6.29 Å². The second-order valence-corrected chi connectivity index (χ2v) is 15.3. The maximum absolute atomic E-state index is 12.8. The van der Waals surface area contributed by atoms with E-state index in [4.69, 9.17) is 15.2 Å². The molecule has 4 atom stereocenters. The van der Waals surface area contributed by atoms with Gasteiger partial charge >= 0.3 is 0 Å². The Morgan fingerprint density at radius 3 is 2.24 bits per heavy atom. The van der Waals surface area contributed by atoms with E-state index < -0.39 is 12.4 Å². The number of carbonyl (C=O) groups is 2. The summed E-state index contributed by atoms with van der Waals surface area (Å²) in [5, 5.41) is 36.3. The van der Waals surface area contributed by atoms with E-state index in [0.29, 0.717) is 55.8 Å². The van der Waals surface area contributed by atoms with E-state index in [1.54, 1.807) is 36.4 Å². The highest BCUT2D eigenvalue weighted by Crippen LogP contribution is 2.39. The Morgan fingerprint density at radius 2 is 1.51 bits per heavy atom. The molecule has 5 aromatic rings. The lowest BCUT2D eigenvalue weighted by atomic mass is 9.97. The van der Waals surface area contributed by atoms with Gasteiger partial charge in [-0.25, -0.2) is 0 Å². The summed E-state index contributed by atoms with van der Waals surface area (Å²) in [6.45, 7) is 1.27. The number of nitrogens with zero attached hydrogens (tertiary/aromatic N) is 1. The lowest BCUT2D eigenvalue weighted by Crippen LogP contribution is -2.39. The van der Waals surface area contributed by atoms with Crippen LogP contribution >= 0.6 is 0 Å². The molecule has 0 bridgehead atoms. The van der Waals surface area contributed by atoms with E-state index >= 15 is 0 Å². The fourth-order valence-corrected chi connectivity index (χ4v) is 7.39. The number of phenols is 1. The van der Waals surface area contributed by atoms with E-state index in [1.807, 2.05) is 90.8 Å². The molecule has 1 heterocycles. The summed E-state index contributed by atoms with van der Waals surface area (Å²) in [5.41, 5.74) is 13.4. The minimum absolute atomic E-state index is 0.00586. The molecule has 0 saturated carbocycles. The van der Waals surface area contributed by atoms with Crippen molar-refractivity contribution < 1.29 is 34.4 Å². The number of aliphatic hydroxyl groups excluding tert-OH is 2. The number of nitrogens with two attached hydrogens (primary N) is 1. The zero-order chi connectivity index (χ0) is 41.6.